The number of esters is 1. The van der Waals surface area contributed by atoms with Crippen molar-refractivity contribution >= 4 is 23.6 Å². The van der Waals surface area contributed by atoms with Gasteiger partial charge in [-0.15, -0.1) is 0 Å². The van der Waals surface area contributed by atoms with Crippen molar-refractivity contribution in [1.82, 2.24) is 9.88 Å². The van der Waals surface area contributed by atoms with Gasteiger partial charge in [0, 0.05) is 37.7 Å². The van der Waals surface area contributed by atoms with Gasteiger partial charge < -0.3 is 19.3 Å². The first kappa shape index (κ1) is 23.7. The fourth-order valence-corrected chi connectivity index (χ4v) is 4.12. The molecule has 1 aromatic heterocycles. The monoisotopic (exact) mass is 448 g/mol. The molecule has 10 heteroatoms. The van der Waals surface area contributed by atoms with Crippen molar-refractivity contribution in [3.05, 3.63) is 27.9 Å². The Labute approximate surface area is 188 Å². The zero-order valence-electron chi connectivity index (χ0n) is 19.6. The van der Waals surface area contributed by atoms with Gasteiger partial charge in [-0.3, -0.25) is 10.1 Å². The number of nitro groups is 1. The van der Waals surface area contributed by atoms with Gasteiger partial charge in [0.2, 0.25) is 5.69 Å². The van der Waals surface area contributed by atoms with Crippen LogP contribution in [-0.4, -0.2) is 64.3 Å². The van der Waals surface area contributed by atoms with Gasteiger partial charge >= 0.3 is 17.7 Å². The minimum absolute atomic E-state index is 0.0908. The predicted octanol–water partition coefficient (Wildman–Crippen LogP) is 3.78. The molecule has 10 nitrogen and oxygen atoms in total. The first-order valence-corrected chi connectivity index (χ1v) is 10.8. The van der Waals surface area contributed by atoms with Crippen LogP contribution < -0.4 is 4.90 Å². The average molecular weight is 449 g/mol. The molecular weight excluding hydrogens is 416 g/mol. The number of rotatable bonds is 3. The van der Waals surface area contributed by atoms with Crippen molar-refractivity contribution in [3.8, 4) is 0 Å². The molecule has 1 atom stereocenters. The molecule has 2 saturated heterocycles. The van der Waals surface area contributed by atoms with Gasteiger partial charge in [0.25, 0.3) is 0 Å². The van der Waals surface area contributed by atoms with Gasteiger partial charge in [-0.25, -0.2) is 14.6 Å². The van der Waals surface area contributed by atoms with Crippen LogP contribution in [0.3, 0.4) is 0 Å². The highest BCUT2D eigenvalue weighted by Gasteiger charge is 2.46. The number of carbonyl (C=O) groups excluding carboxylic acids is 2. The van der Waals surface area contributed by atoms with Gasteiger partial charge in [-0.05, 0) is 60.5 Å². The second kappa shape index (κ2) is 8.22. The number of hydrogen-bond acceptors (Lipinski definition) is 8. The van der Waals surface area contributed by atoms with E-state index in [9.17, 15) is 19.7 Å². The molecule has 0 aliphatic carbocycles. The van der Waals surface area contributed by atoms with Crippen LogP contribution in [0.15, 0.2) is 12.1 Å². The lowest BCUT2D eigenvalue weighted by Gasteiger charge is -2.27. The first-order valence-electron chi connectivity index (χ1n) is 10.8. The summed E-state index contributed by atoms with van der Waals surface area (Å²) in [6, 6.07) is 2.86. The number of anilines is 1. The summed E-state index contributed by atoms with van der Waals surface area (Å²) in [7, 11) is 0. The Morgan fingerprint density at radius 2 is 1.66 bits per heavy atom. The average Bonchev–Trinajstić information content (AvgIpc) is 3.26. The molecule has 2 aliphatic heterocycles. The Bertz CT molecular complexity index is 920. The molecule has 3 heterocycles. The summed E-state index contributed by atoms with van der Waals surface area (Å²) in [6.45, 7) is 13.2. The summed E-state index contributed by atoms with van der Waals surface area (Å²) in [5.74, 6) is -0.332. The maximum Gasteiger partial charge on any atom is 0.410 e. The predicted molar refractivity (Wildman–Crippen MR) is 118 cm³/mol. The maximum atomic E-state index is 12.6. The minimum Gasteiger partial charge on any atom is -0.455 e. The van der Waals surface area contributed by atoms with Gasteiger partial charge in [0.05, 0.1) is 4.92 Å². The van der Waals surface area contributed by atoms with E-state index in [2.05, 4.69) is 4.98 Å². The zero-order chi connectivity index (χ0) is 23.9. The highest BCUT2D eigenvalue weighted by atomic mass is 16.6. The van der Waals surface area contributed by atoms with Crippen molar-refractivity contribution in [3.63, 3.8) is 0 Å². The smallest absolute Gasteiger partial charge is 0.410 e. The van der Waals surface area contributed by atoms with Gasteiger partial charge in [0.15, 0.2) is 0 Å². The number of hydrogen-bond donors (Lipinski definition) is 0. The van der Waals surface area contributed by atoms with Crippen molar-refractivity contribution in [2.75, 3.05) is 31.1 Å². The lowest BCUT2D eigenvalue weighted by molar-refractivity contribution is -0.385. The lowest BCUT2D eigenvalue weighted by atomic mass is 9.86. The fraction of sp³-hybridized carbons (Fsp3) is 0.682. The van der Waals surface area contributed by atoms with Crippen molar-refractivity contribution in [1.29, 1.82) is 0 Å². The molecule has 0 aromatic carbocycles. The third kappa shape index (κ3) is 5.46. The second-order valence-corrected chi connectivity index (χ2v) is 10.6. The van der Waals surface area contributed by atoms with E-state index in [0.29, 0.717) is 32.0 Å². The number of pyridine rings is 1. The minimum atomic E-state index is -0.822. The largest absolute Gasteiger partial charge is 0.455 e. The number of nitrogens with zero attached hydrogens (tertiary/aromatic N) is 4. The van der Waals surface area contributed by atoms with E-state index in [4.69, 9.17) is 9.47 Å². The Balaban J connectivity index is 1.76. The van der Waals surface area contributed by atoms with E-state index in [1.54, 1.807) is 31.7 Å². The summed E-state index contributed by atoms with van der Waals surface area (Å²) in [4.78, 5) is 43.9. The van der Waals surface area contributed by atoms with E-state index in [0.717, 1.165) is 12.8 Å². The van der Waals surface area contributed by atoms with Crippen LogP contribution in [0.2, 0.25) is 0 Å². The number of ether oxygens (including phenoxy) is 2. The summed E-state index contributed by atoms with van der Waals surface area (Å²) < 4.78 is 10.8. The highest BCUT2D eigenvalue weighted by Crippen LogP contribution is 2.41. The van der Waals surface area contributed by atoms with Crippen LogP contribution in [0, 0.1) is 15.5 Å². The molecule has 1 spiro atoms. The van der Waals surface area contributed by atoms with Crippen LogP contribution in [-0.2, 0) is 9.47 Å². The van der Waals surface area contributed by atoms with E-state index in [1.807, 2.05) is 25.7 Å². The molecule has 2 aliphatic rings. The number of aromatic nitrogens is 1. The molecular formula is C22H32N4O6. The van der Waals surface area contributed by atoms with E-state index < -0.39 is 22.1 Å². The van der Waals surface area contributed by atoms with Crippen LogP contribution in [0.25, 0.3) is 0 Å². The van der Waals surface area contributed by atoms with Crippen LogP contribution in [0.4, 0.5) is 16.3 Å². The molecule has 0 N–H and O–H groups in total. The number of carbonyl (C=O) groups is 2. The maximum absolute atomic E-state index is 12.6. The second-order valence-electron chi connectivity index (χ2n) is 10.6. The topological polar surface area (TPSA) is 115 Å². The molecule has 32 heavy (non-hydrogen) atoms. The van der Waals surface area contributed by atoms with E-state index in [-0.39, 0.29) is 22.9 Å². The van der Waals surface area contributed by atoms with E-state index in [1.165, 1.54) is 6.07 Å². The number of likely N-dealkylation sites (tertiary alicyclic amines) is 1. The Morgan fingerprint density at radius 3 is 2.25 bits per heavy atom. The standard InChI is InChI=1S/C22H32N4O6/c1-20(2,3)31-18(27)17-15(26(29)30)7-8-16(23-17)24-11-9-22(13-24)10-12-25(14-22)19(28)32-21(4,5)6/h7-8H,9-14H2,1-6H3/t22-/m1/s1. The van der Waals surface area contributed by atoms with Gasteiger partial charge in [-0.2, -0.15) is 0 Å². The molecule has 3 rings (SSSR count). The quantitative estimate of drug-likeness (QED) is 0.390. The normalized spacial score (nSPS) is 21.2. The molecule has 0 unspecified atom stereocenters. The summed E-state index contributed by atoms with van der Waals surface area (Å²) in [5.41, 5.74) is -2.11. The lowest BCUT2D eigenvalue weighted by Crippen LogP contribution is -2.37. The van der Waals surface area contributed by atoms with Crippen LogP contribution >= 0.6 is 0 Å². The molecule has 176 valence electrons. The Morgan fingerprint density at radius 1 is 1.03 bits per heavy atom. The van der Waals surface area contributed by atoms with Gasteiger partial charge in [-0.1, -0.05) is 0 Å². The Hall–Kier alpha value is -2.91. The zero-order valence-corrected chi connectivity index (χ0v) is 19.6. The molecule has 1 aromatic rings. The fourth-order valence-electron chi connectivity index (χ4n) is 4.12. The molecule has 1 amide bonds. The van der Waals surface area contributed by atoms with Gasteiger partial charge in [0.1, 0.15) is 17.0 Å². The summed E-state index contributed by atoms with van der Waals surface area (Å²) in [5, 5.41) is 11.4. The molecule has 0 bridgehead atoms. The summed E-state index contributed by atoms with van der Waals surface area (Å²) >= 11 is 0. The third-order valence-corrected chi connectivity index (χ3v) is 5.50. The van der Waals surface area contributed by atoms with E-state index >= 15 is 0 Å². The van der Waals surface area contributed by atoms with Crippen molar-refractivity contribution in [2.45, 2.75) is 65.6 Å². The first-order chi connectivity index (χ1) is 14.7. The molecule has 0 saturated carbocycles. The van der Waals surface area contributed by atoms with Crippen molar-refractivity contribution < 1.29 is 24.0 Å². The molecule has 0 radical (unpaired) electrons. The number of amides is 1. The van der Waals surface area contributed by atoms with Crippen molar-refractivity contribution in [2.24, 2.45) is 5.41 Å². The van der Waals surface area contributed by atoms with Crippen LogP contribution in [0.1, 0.15) is 64.9 Å². The SMILES string of the molecule is CC(C)(C)OC(=O)c1nc(N2CC[C@@]3(CCN(C(=O)OC(C)(C)C)C3)C2)ccc1[N+](=O)[O-]. The highest BCUT2D eigenvalue weighted by molar-refractivity contribution is 5.92. The molecule has 2 fully saturated rings. The Kier molecular flexibility index (Phi) is 6.10. The van der Waals surface area contributed by atoms with Crippen LogP contribution in [0.5, 0.6) is 0 Å². The summed E-state index contributed by atoms with van der Waals surface area (Å²) in [6.07, 6.45) is 1.38. The third-order valence-electron chi connectivity index (χ3n) is 5.50.